The lowest BCUT2D eigenvalue weighted by Crippen LogP contribution is -2.38. The standard InChI is InChI=1S/C29H28ClN3O6S2/c1-3-39-26-14-18-28(19-15-26)41(37,38)33(25-12-4-21(2)5-13-25)20-29(34)31-23-10-16-27(17-11-23)40(35,36)32-24-8-6-22(30)7-9-24/h4-19,32H,3,20H2,1-2H3,(H,31,34). The quantitative estimate of drug-likeness (QED) is 0.224. The van der Waals surface area contributed by atoms with E-state index in [2.05, 4.69) is 10.0 Å². The van der Waals surface area contributed by atoms with Crippen LogP contribution in [0.2, 0.25) is 5.02 Å². The van der Waals surface area contributed by atoms with Crippen LogP contribution in [0.5, 0.6) is 5.75 Å². The monoisotopic (exact) mass is 613 g/mol. The van der Waals surface area contributed by atoms with Crippen molar-refractivity contribution in [1.82, 2.24) is 0 Å². The SMILES string of the molecule is CCOc1ccc(S(=O)(=O)N(CC(=O)Nc2ccc(S(=O)(=O)Nc3ccc(Cl)cc3)cc2)c2ccc(C)cc2)cc1. The van der Waals surface area contributed by atoms with Crippen molar-refractivity contribution in [3.8, 4) is 5.75 Å². The Hall–Kier alpha value is -4.06. The maximum atomic E-state index is 13.6. The summed E-state index contributed by atoms with van der Waals surface area (Å²) in [6.45, 7) is 3.62. The molecule has 9 nitrogen and oxygen atoms in total. The minimum absolute atomic E-state index is 0.00271. The van der Waals surface area contributed by atoms with Crippen LogP contribution in [0.25, 0.3) is 0 Å². The molecular weight excluding hydrogens is 586 g/mol. The fraction of sp³-hybridized carbons (Fsp3) is 0.138. The van der Waals surface area contributed by atoms with Crippen molar-refractivity contribution in [2.24, 2.45) is 0 Å². The van der Waals surface area contributed by atoms with E-state index in [0.717, 1.165) is 9.87 Å². The van der Waals surface area contributed by atoms with E-state index in [-0.39, 0.29) is 9.79 Å². The van der Waals surface area contributed by atoms with Crippen LogP contribution in [0.1, 0.15) is 12.5 Å². The number of rotatable bonds is 11. The first-order valence-corrected chi connectivity index (χ1v) is 15.8. The summed E-state index contributed by atoms with van der Waals surface area (Å²) < 4.78 is 61.6. The van der Waals surface area contributed by atoms with E-state index in [1.807, 2.05) is 13.8 Å². The maximum Gasteiger partial charge on any atom is 0.264 e. The number of anilines is 3. The largest absolute Gasteiger partial charge is 0.494 e. The highest BCUT2D eigenvalue weighted by Gasteiger charge is 2.27. The van der Waals surface area contributed by atoms with Gasteiger partial charge in [0.05, 0.1) is 22.1 Å². The van der Waals surface area contributed by atoms with Gasteiger partial charge in [0.2, 0.25) is 5.91 Å². The number of hydrogen-bond acceptors (Lipinski definition) is 6. The summed E-state index contributed by atoms with van der Waals surface area (Å²) in [4.78, 5) is 13.0. The van der Waals surface area contributed by atoms with Crippen molar-refractivity contribution in [3.63, 3.8) is 0 Å². The van der Waals surface area contributed by atoms with Gasteiger partial charge in [0.1, 0.15) is 12.3 Å². The summed E-state index contributed by atoms with van der Waals surface area (Å²) >= 11 is 5.85. The van der Waals surface area contributed by atoms with Gasteiger partial charge >= 0.3 is 0 Å². The molecule has 4 aromatic rings. The Balaban J connectivity index is 1.52. The smallest absolute Gasteiger partial charge is 0.264 e. The second kappa shape index (κ2) is 12.6. The first-order chi connectivity index (χ1) is 19.5. The number of sulfonamides is 2. The number of amides is 1. The molecule has 0 spiro atoms. The summed E-state index contributed by atoms with van der Waals surface area (Å²) in [6.07, 6.45) is 0. The highest BCUT2D eigenvalue weighted by molar-refractivity contribution is 7.93. The van der Waals surface area contributed by atoms with Crippen molar-refractivity contribution >= 4 is 54.6 Å². The highest BCUT2D eigenvalue weighted by atomic mass is 35.5. The number of carbonyl (C=O) groups excluding carboxylic acids is 1. The van der Waals surface area contributed by atoms with Gasteiger partial charge in [0.15, 0.2) is 0 Å². The van der Waals surface area contributed by atoms with E-state index in [0.29, 0.717) is 34.4 Å². The van der Waals surface area contributed by atoms with Crippen LogP contribution >= 0.6 is 11.6 Å². The van der Waals surface area contributed by atoms with E-state index in [1.54, 1.807) is 48.5 Å². The van der Waals surface area contributed by atoms with Crippen LogP contribution in [0.4, 0.5) is 17.1 Å². The molecular formula is C29H28ClN3O6S2. The predicted molar refractivity (Wildman–Crippen MR) is 161 cm³/mol. The molecule has 1 amide bonds. The van der Waals surface area contributed by atoms with Crippen molar-refractivity contribution < 1.29 is 26.4 Å². The molecule has 0 unspecified atom stereocenters. The van der Waals surface area contributed by atoms with Crippen LogP contribution in [0.3, 0.4) is 0 Å². The van der Waals surface area contributed by atoms with Crippen molar-refractivity contribution in [1.29, 1.82) is 0 Å². The van der Waals surface area contributed by atoms with Gasteiger partial charge in [-0.15, -0.1) is 0 Å². The van der Waals surface area contributed by atoms with Crippen LogP contribution < -0.4 is 19.1 Å². The van der Waals surface area contributed by atoms with Gasteiger partial charge in [0, 0.05) is 16.4 Å². The molecule has 4 aromatic carbocycles. The second-order valence-electron chi connectivity index (χ2n) is 8.94. The molecule has 0 atom stereocenters. The van der Waals surface area contributed by atoms with Gasteiger partial charge in [-0.2, -0.15) is 0 Å². The summed E-state index contributed by atoms with van der Waals surface area (Å²) in [5.41, 5.74) is 1.88. The minimum Gasteiger partial charge on any atom is -0.494 e. The summed E-state index contributed by atoms with van der Waals surface area (Å²) in [5, 5.41) is 3.12. The molecule has 41 heavy (non-hydrogen) atoms. The van der Waals surface area contributed by atoms with E-state index < -0.39 is 32.5 Å². The Bertz CT molecular complexity index is 1710. The fourth-order valence-corrected chi connectivity index (χ4v) is 6.41. The number of carbonyl (C=O) groups is 1. The van der Waals surface area contributed by atoms with E-state index in [1.165, 1.54) is 48.5 Å². The van der Waals surface area contributed by atoms with Crippen LogP contribution in [0, 0.1) is 6.92 Å². The van der Waals surface area contributed by atoms with Crippen LogP contribution in [-0.2, 0) is 24.8 Å². The number of nitrogens with one attached hydrogen (secondary N) is 2. The lowest BCUT2D eigenvalue weighted by atomic mass is 10.2. The maximum absolute atomic E-state index is 13.6. The Morgan fingerprint density at radius 1 is 0.780 bits per heavy atom. The molecule has 2 N–H and O–H groups in total. The Morgan fingerprint density at radius 2 is 1.34 bits per heavy atom. The molecule has 0 aliphatic carbocycles. The number of benzene rings is 4. The second-order valence-corrected chi connectivity index (χ2v) is 12.9. The summed E-state index contributed by atoms with van der Waals surface area (Å²) in [6, 6.07) is 24.4. The Morgan fingerprint density at radius 3 is 1.93 bits per heavy atom. The lowest BCUT2D eigenvalue weighted by molar-refractivity contribution is -0.114. The molecule has 0 saturated heterocycles. The molecule has 0 aliphatic rings. The molecule has 0 fully saturated rings. The van der Waals surface area contributed by atoms with Gasteiger partial charge in [0.25, 0.3) is 20.0 Å². The van der Waals surface area contributed by atoms with Gasteiger partial charge in [-0.3, -0.25) is 13.8 Å². The predicted octanol–water partition coefficient (Wildman–Crippen LogP) is 5.68. The third kappa shape index (κ3) is 7.57. The molecule has 0 bridgehead atoms. The van der Waals surface area contributed by atoms with Gasteiger partial charge < -0.3 is 10.1 Å². The summed E-state index contributed by atoms with van der Waals surface area (Å²) in [7, 11) is -8.01. The molecule has 0 heterocycles. The number of halogens is 1. The topological polar surface area (TPSA) is 122 Å². The fourth-order valence-electron chi connectivity index (χ4n) is 3.81. The zero-order valence-corrected chi connectivity index (χ0v) is 24.6. The molecule has 0 radical (unpaired) electrons. The number of hydrogen-bond donors (Lipinski definition) is 2. The Labute approximate surface area is 244 Å². The average molecular weight is 614 g/mol. The number of aryl methyl sites for hydroxylation is 1. The molecule has 0 saturated carbocycles. The van der Waals surface area contributed by atoms with Crippen molar-refractivity contribution in [2.75, 3.05) is 27.5 Å². The zero-order valence-electron chi connectivity index (χ0n) is 22.2. The van der Waals surface area contributed by atoms with Crippen molar-refractivity contribution in [2.45, 2.75) is 23.6 Å². The van der Waals surface area contributed by atoms with Gasteiger partial charge in [-0.25, -0.2) is 16.8 Å². The van der Waals surface area contributed by atoms with Crippen LogP contribution in [0.15, 0.2) is 107 Å². The minimum atomic E-state index is -4.12. The van der Waals surface area contributed by atoms with Crippen molar-refractivity contribution in [3.05, 3.63) is 108 Å². The molecule has 12 heteroatoms. The normalized spacial score (nSPS) is 11.5. The van der Waals surface area contributed by atoms with E-state index in [9.17, 15) is 21.6 Å². The highest BCUT2D eigenvalue weighted by Crippen LogP contribution is 2.26. The van der Waals surface area contributed by atoms with E-state index >= 15 is 0 Å². The lowest BCUT2D eigenvalue weighted by Gasteiger charge is -2.24. The first-order valence-electron chi connectivity index (χ1n) is 12.5. The molecule has 0 aliphatic heterocycles. The number of ether oxygens (including phenoxy) is 1. The third-order valence-electron chi connectivity index (χ3n) is 5.88. The zero-order chi connectivity index (χ0) is 29.6. The molecule has 4 rings (SSSR count). The van der Waals surface area contributed by atoms with Gasteiger partial charge in [-0.05, 0) is 98.8 Å². The first kappa shape index (κ1) is 29.9. The molecule has 214 valence electrons. The summed E-state index contributed by atoms with van der Waals surface area (Å²) in [5.74, 6) is -0.0881. The Kier molecular flexibility index (Phi) is 9.21. The van der Waals surface area contributed by atoms with Crippen LogP contribution in [-0.4, -0.2) is 35.9 Å². The molecule has 0 aromatic heterocycles. The third-order valence-corrected chi connectivity index (χ3v) is 9.31. The number of nitrogens with zero attached hydrogens (tertiary/aromatic N) is 1. The van der Waals surface area contributed by atoms with E-state index in [4.69, 9.17) is 16.3 Å². The van der Waals surface area contributed by atoms with Gasteiger partial charge in [-0.1, -0.05) is 29.3 Å². The average Bonchev–Trinajstić information content (AvgIpc) is 2.94.